The highest BCUT2D eigenvalue weighted by atomic mass is 35.5. The van der Waals surface area contributed by atoms with E-state index in [0.717, 1.165) is 28.8 Å². The standard InChI is InChI=1S/C22H21ClN2O3S2/c23-19-9-3-16(4-10-19)15-24-22(26)18-7-5-17(6-8-18)20-11-12-21(29-20)30(27,28)25-13-1-2-14-25/h3-12H,1-2,13-15H2,(H,24,26). The maximum absolute atomic E-state index is 12.7. The molecule has 4 rings (SSSR count). The number of nitrogens with one attached hydrogen (secondary N) is 1. The van der Waals surface area contributed by atoms with Crippen LogP contribution in [0.3, 0.4) is 0 Å². The van der Waals surface area contributed by atoms with Gasteiger partial charge in [-0.3, -0.25) is 4.79 Å². The van der Waals surface area contributed by atoms with E-state index < -0.39 is 10.0 Å². The van der Waals surface area contributed by atoms with E-state index in [1.165, 1.54) is 11.3 Å². The van der Waals surface area contributed by atoms with Crippen molar-refractivity contribution in [3.63, 3.8) is 0 Å². The van der Waals surface area contributed by atoms with Crippen LogP contribution < -0.4 is 5.32 Å². The van der Waals surface area contributed by atoms with Gasteiger partial charge in [-0.15, -0.1) is 11.3 Å². The minimum absolute atomic E-state index is 0.167. The van der Waals surface area contributed by atoms with Gasteiger partial charge in [-0.25, -0.2) is 8.42 Å². The number of sulfonamides is 1. The third-order valence-electron chi connectivity index (χ3n) is 5.04. The molecule has 0 aliphatic carbocycles. The average molecular weight is 461 g/mol. The van der Waals surface area contributed by atoms with Crippen LogP contribution >= 0.6 is 22.9 Å². The summed E-state index contributed by atoms with van der Waals surface area (Å²) in [7, 11) is -3.40. The number of carbonyl (C=O) groups is 1. The molecule has 1 aliphatic heterocycles. The highest BCUT2D eigenvalue weighted by Gasteiger charge is 2.28. The average Bonchev–Trinajstić information content (AvgIpc) is 3.46. The van der Waals surface area contributed by atoms with E-state index in [1.54, 1.807) is 34.6 Å². The zero-order valence-electron chi connectivity index (χ0n) is 16.2. The van der Waals surface area contributed by atoms with Crippen molar-refractivity contribution in [1.29, 1.82) is 0 Å². The molecule has 0 saturated carbocycles. The molecule has 156 valence electrons. The van der Waals surface area contributed by atoms with E-state index in [-0.39, 0.29) is 5.91 Å². The molecule has 1 N–H and O–H groups in total. The van der Waals surface area contributed by atoms with Gasteiger partial charge in [0.25, 0.3) is 15.9 Å². The highest BCUT2D eigenvalue weighted by Crippen LogP contribution is 2.33. The Balaban J connectivity index is 1.42. The second-order valence-corrected chi connectivity index (χ2v) is 10.8. The van der Waals surface area contributed by atoms with Gasteiger partial charge >= 0.3 is 0 Å². The minimum Gasteiger partial charge on any atom is -0.348 e. The van der Waals surface area contributed by atoms with Gasteiger partial charge in [0.15, 0.2) is 0 Å². The minimum atomic E-state index is -3.40. The van der Waals surface area contributed by atoms with Crippen LogP contribution in [0, 0.1) is 0 Å². The highest BCUT2D eigenvalue weighted by molar-refractivity contribution is 7.91. The third-order valence-corrected chi connectivity index (χ3v) is 8.79. The molecule has 1 amide bonds. The Morgan fingerprint density at radius 3 is 2.30 bits per heavy atom. The van der Waals surface area contributed by atoms with Gasteiger partial charge in [-0.1, -0.05) is 35.9 Å². The van der Waals surface area contributed by atoms with Gasteiger partial charge in [-0.05, 0) is 60.4 Å². The lowest BCUT2D eigenvalue weighted by Crippen LogP contribution is -2.27. The smallest absolute Gasteiger partial charge is 0.252 e. The summed E-state index contributed by atoms with van der Waals surface area (Å²) in [5.41, 5.74) is 2.40. The van der Waals surface area contributed by atoms with E-state index in [1.807, 2.05) is 30.3 Å². The molecule has 3 aromatic rings. The number of carbonyl (C=O) groups excluding carboxylic acids is 1. The van der Waals surface area contributed by atoms with Crippen molar-refractivity contribution in [2.75, 3.05) is 13.1 Å². The Kier molecular flexibility index (Phi) is 6.24. The Morgan fingerprint density at radius 1 is 0.967 bits per heavy atom. The number of amides is 1. The van der Waals surface area contributed by atoms with Gasteiger partial charge in [0, 0.05) is 35.1 Å². The summed E-state index contributed by atoms with van der Waals surface area (Å²) in [5, 5.41) is 3.54. The SMILES string of the molecule is O=C(NCc1ccc(Cl)cc1)c1ccc(-c2ccc(S(=O)(=O)N3CCCC3)s2)cc1. The summed E-state index contributed by atoms with van der Waals surface area (Å²) in [6.07, 6.45) is 1.83. The quantitative estimate of drug-likeness (QED) is 0.575. The second-order valence-electron chi connectivity index (χ2n) is 7.12. The van der Waals surface area contributed by atoms with E-state index >= 15 is 0 Å². The summed E-state index contributed by atoms with van der Waals surface area (Å²) < 4.78 is 27.3. The van der Waals surface area contributed by atoms with E-state index in [9.17, 15) is 13.2 Å². The Morgan fingerprint density at radius 2 is 1.63 bits per heavy atom. The first-order chi connectivity index (χ1) is 14.4. The normalized spacial score (nSPS) is 14.7. The lowest BCUT2D eigenvalue weighted by Gasteiger charge is -2.13. The lowest BCUT2D eigenvalue weighted by molar-refractivity contribution is 0.0951. The fourth-order valence-electron chi connectivity index (χ4n) is 3.34. The first kappa shape index (κ1) is 21.1. The molecule has 2 heterocycles. The number of halogens is 1. The molecule has 1 aliphatic rings. The molecule has 0 radical (unpaired) electrons. The number of hydrogen-bond acceptors (Lipinski definition) is 4. The number of benzene rings is 2. The molecular formula is C22H21ClN2O3S2. The van der Waals surface area contributed by atoms with Crippen LogP contribution in [0.4, 0.5) is 0 Å². The number of thiophene rings is 1. The maximum Gasteiger partial charge on any atom is 0.252 e. The van der Waals surface area contributed by atoms with Gasteiger partial charge in [-0.2, -0.15) is 4.31 Å². The topological polar surface area (TPSA) is 66.5 Å². The molecule has 1 aromatic heterocycles. The predicted octanol–water partition coefficient (Wildman–Crippen LogP) is 4.78. The maximum atomic E-state index is 12.7. The molecule has 0 atom stereocenters. The van der Waals surface area contributed by atoms with Crippen LogP contribution in [-0.2, 0) is 16.6 Å². The number of rotatable bonds is 6. The second kappa shape index (κ2) is 8.89. The van der Waals surface area contributed by atoms with E-state index in [2.05, 4.69) is 5.32 Å². The molecule has 0 spiro atoms. The zero-order chi connectivity index (χ0) is 21.1. The first-order valence-corrected chi connectivity index (χ1v) is 12.3. The van der Waals surface area contributed by atoms with Gasteiger partial charge in [0.1, 0.15) is 4.21 Å². The summed E-state index contributed by atoms with van der Waals surface area (Å²) in [5.74, 6) is -0.167. The fourth-order valence-corrected chi connectivity index (χ4v) is 6.45. The van der Waals surface area contributed by atoms with Crippen LogP contribution in [-0.4, -0.2) is 31.7 Å². The van der Waals surface area contributed by atoms with Crippen molar-refractivity contribution in [3.05, 3.63) is 76.8 Å². The first-order valence-electron chi connectivity index (χ1n) is 9.66. The van der Waals surface area contributed by atoms with Crippen molar-refractivity contribution in [3.8, 4) is 10.4 Å². The summed E-state index contributed by atoms with van der Waals surface area (Å²) in [6.45, 7) is 1.60. The zero-order valence-corrected chi connectivity index (χ0v) is 18.6. The van der Waals surface area contributed by atoms with Crippen molar-refractivity contribution in [2.24, 2.45) is 0 Å². The van der Waals surface area contributed by atoms with E-state index in [0.29, 0.717) is 34.4 Å². The van der Waals surface area contributed by atoms with Crippen LogP contribution in [0.1, 0.15) is 28.8 Å². The van der Waals surface area contributed by atoms with Crippen LogP contribution in [0.2, 0.25) is 5.02 Å². The van der Waals surface area contributed by atoms with Gasteiger partial charge < -0.3 is 5.32 Å². The molecule has 30 heavy (non-hydrogen) atoms. The molecule has 1 saturated heterocycles. The van der Waals surface area contributed by atoms with Crippen LogP contribution in [0.25, 0.3) is 10.4 Å². The Hall–Kier alpha value is -2.19. The molecule has 0 unspecified atom stereocenters. The molecular weight excluding hydrogens is 440 g/mol. The fraction of sp³-hybridized carbons (Fsp3) is 0.227. The van der Waals surface area contributed by atoms with Crippen molar-refractivity contribution >= 4 is 38.9 Å². The Labute approximate surface area is 185 Å². The van der Waals surface area contributed by atoms with Gasteiger partial charge in [0.05, 0.1) is 0 Å². The predicted molar refractivity (Wildman–Crippen MR) is 120 cm³/mol. The van der Waals surface area contributed by atoms with Crippen molar-refractivity contribution in [1.82, 2.24) is 9.62 Å². The molecule has 0 bridgehead atoms. The van der Waals surface area contributed by atoms with Crippen molar-refractivity contribution in [2.45, 2.75) is 23.6 Å². The summed E-state index contributed by atoms with van der Waals surface area (Å²) >= 11 is 7.13. The molecule has 5 nitrogen and oxygen atoms in total. The number of hydrogen-bond donors (Lipinski definition) is 1. The van der Waals surface area contributed by atoms with Crippen molar-refractivity contribution < 1.29 is 13.2 Å². The molecule has 8 heteroatoms. The summed E-state index contributed by atoms with van der Waals surface area (Å²) in [6, 6.07) is 18.0. The molecule has 2 aromatic carbocycles. The van der Waals surface area contributed by atoms with Crippen LogP contribution in [0.15, 0.2) is 64.9 Å². The molecule has 1 fully saturated rings. The third kappa shape index (κ3) is 4.59. The van der Waals surface area contributed by atoms with Gasteiger partial charge in [0.2, 0.25) is 0 Å². The lowest BCUT2D eigenvalue weighted by atomic mass is 10.1. The van der Waals surface area contributed by atoms with Crippen LogP contribution in [0.5, 0.6) is 0 Å². The summed E-state index contributed by atoms with van der Waals surface area (Å²) in [4.78, 5) is 13.3. The monoisotopic (exact) mass is 460 g/mol. The largest absolute Gasteiger partial charge is 0.348 e. The Bertz CT molecular complexity index is 1130. The van der Waals surface area contributed by atoms with E-state index in [4.69, 9.17) is 11.6 Å². The number of nitrogens with zero attached hydrogens (tertiary/aromatic N) is 1.